The maximum atomic E-state index is 13.7. The van der Waals surface area contributed by atoms with E-state index in [1.54, 1.807) is 0 Å². The second-order valence-electron chi connectivity index (χ2n) is 5.47. The Morgan fingerprint density at radius 2 is 2.09 bits per heavy atom. The molecule has 124 valence electrons. The molecule has 1 aromatic rings. The zero-order valence-electron chi connectivity index (χ0n) is 12.6. The molecule has 1 amide bonds. The molecule has 1 aliphatic carbocycles. The minimum atomic E-state index is -1.28. The van der Waals surface area contributed by atoms with Crippen LogP contribution in [0.2, 0.25) is 0 Å². The highest BCUT2D eigenvalue weighted by atomic mass is 19.2. The lowest BCUT2D eigenvalue weighted by Gasteiger charge is -2.28. The summed E-state index contributed by atoms with van der Waals surface area (Å²) in [4.78, 5) is 35.7. The molecular weight excluding hydrogens is 308 g/mol. The average Bonchev–Trinajstić information content (AvgIpc) is 2.54. The molecule has 1 aliphatic rings. The first-order valence-electron chi connectivity index (χ1n) is 7.28. The fraction of sp³-hybridized carbons (Fsp3) is 0.438. The Bertz CT molecular complexity index is 633. The van der Waals surface area contributed by atoms with Gasteiger partial charge in [-0.3, -0.25) is 9.59 Å². The van der Waals surface area contributed by atoms with Crippen LogP contribution in [0.3, 0.4) is 0 Å². The SMILES string of the molecule is COC(=O)[C@H](NC(=O)c1cccc(F)c1F)[C@@H]1CCCC(=O)C1. The molecule has 0 heterocycles. The molecule has 1 N–H and O–H groups in total. The second-order valence-corrected chi connectivity index (χ2v) is 5.47. The zero-order chi connectivity index (χ0) is 17.0. The summed E-state index contributed by atoms with van der Waals surface area (Å²) in [7, 11) is 1.16. The molecule has 2 atom stereocenters. The molecule has 2 rings (SSSR count). The van der Waals surface area contributed by atoms with Gasteiger partial charge in [0.05, 0.1) is 12.7 Å². The Morgan fingerprint density at radius 3 is 2.74 bits per heavy atom. The normalized spacial score (nSPS) is 19.1. The van der Waals surface area contributed by atoms with Crippen LogP contribution in [0.15, 0.2) is 18.2 Å². The van der Waals surface area contributed by atoms with Gasteiger partial charge in [-0.15, -0.1) is 0 Å². The van der Waals surface area contributed by atoms with Crippen molar-refractivity contribution in [1.82, 2.24) is 5.32 Å². The maximum absolute atomic E-state index is 13.7. The fourth-order valence-electron chi connectivity index (χ4n) is 2.74. The summed E-state index contributed by atoms with van der Waals surface area (Å²) in [5, 5.41) is 2.37. The van der Waals surface area contributed by atoms with E-state index in [-0.39, 0.29) is 12.2 Å². The Kier molecular flexibility index (Phi) is 5.41. The lowest BCUT2D eigenvalue weighted by Crippen LogP contribution is -2.48. The van der Waals surface area contributed by atoms with Gasteiger partial charge in [-0.2, -0.15) is 0 Å². The molecule has 0 radical (unpaired) electrons. The molecule has 0 bridgehead atoms. The van der Waals surface area contributed by atoms with Gasteiger partial charge < -0.3 is 10.1 Å². The minimum Gasteiger partial charge on any atom is -0.467 e. The topological polar surface area (TPSA) is 72.5 Å². The zero-order valence-corrected chi connectivity index (χ0v) is 12.6. The number of benzene rings is 1. The van der Waals surface area contributed by atoms with Crippen molar-refractivity contribution in [3.8, 4) is 0 Å². The molecule has 1 fully saturated rings. The summed E-state index contributed by atoms with van der Waals surface area (Å²) in [6.07, 6.45) is 1.77. The number of nitrogens with one attached hydrogen (secondary N) is 1. The quantitative estimate of drug-likeness (QED) is 0.860. The molecule has 0 aromatic heterocycles. The van der Waals surface area contributed by atoms with E-state index in [0.29, 0.717) is 19.3 Å². The molecule has 1 saturated carbocycles. The smallest absolute Gasteiger partial charge is 0.328 e. The van der Waals surface area contributed by atoms with Crippen molar-refractivity contribution < 1.29 is 27.9 Å². The van der Waals surface area contributed by atoms with Crippen LogP contribution in [0.1, 0.15) is 36.0 Å². The van der Waals surface area contributed by atoms with Crippen LogP contribution in [0, 0.1) is 17.6 Å². The first-order valence-corrected chi connectivity index (χ1v) is 7.28. The summed E-state index contributed by atoms with van der Waals surface area (Å²) >= 11 is 0. The van der Waals surface area contributed by atoms with Gasteiger partial charge in [0.1, 0.15) is 11.8 Å². The molecular formula is C16H17F2NO4. The molecule has 0 saturated heterocycles. The Labute approximate surface area is 132 Å². The van der Waals surface area contributed by atoms with Gasteiger partial charge in [0, 0.05) is 12.8 Å². The first-order chi connectivity index (χ1) is 10.9. The minimum absolute atomic E-state index is 0.00124. The molecule has 0 spiro atoms. The predicted molar refractivity (Wildman–Crippen MR) is 76.6 cm³/mol. The van der Waals surface area contributed by atoms with Gasteiger partial charge in [-0.25, -0.2) is 13.6 Å². The van der Waals surface area contributed by atoms with E-state index in [0.717, 1.165) is 19.2 Å². The molecule has 23 heavy (non-hydrogen) atoms. The number of halogens is 2. The number of ketones is 1. The molecule has 1 aromatic carbocycles. The lowest BCUT2D eigenvalue weighted by molar-refractivity contribution is -0.145. The highest BCUT2D eigenvalue weighted by Gasteiger charge is 2.34. The molecule has 7 heteroatoms. The number of carbonyl (C=O) groups is 3. The average molecular weight is 325 g/mol. The van der Waals surface area contributed by atoms with Crippen LogP contribution < -0.4 is 5.32 Å². The number of methoxy groups -OCH3 is 1. The van der Waals surface area contributed by atoms with Gasteiger partial charge >= 0.3 is 5.97 Å². The van der Waals surface area contributed by atoms with Crippen molar-refractivity contribution in [3.63, 3.8) is 0 Å². The third kappa shape index (κ3) is 3.91. The van der Waals surface area contributed by atoms with Gasteiger partial charge in [0.2, 0.25) is 0 Å². The second kappa shape index (κ2) is 7.30. The van der Waals surface area contributed by atoms with Gasteiger partial charge in [-0.1, -0.05) is 6.07 Å². The van der Waals surface area contributed by atoms with Gasteiger partial charge in [0.15, 0.2) is 11.6 Å². The number of rotatable bonds is 4. The fourth-order valence-corrected chi connectivity index (χ4v) is 2.74. The van der Waals surface area contributed by atoms with Crippen LogP contribution >= 0.6 is 0 Å². The maximum Gasteiger partial charge on any atom is 0.328 e. The van der Waals surface area contributed by atoms with E-state index < -0.39 is 41.0 Å². The van der Waals surface area contributed by atoms with Crippen LogP contribution in [0.5, 0.6) is 0 Å². The number of carbonyl (C=O) groups excluding carboxylic acids is 3. The van der Waals surface area contributed by atoms with E-state index >= 15 is 0 Å². The third-order valence-corrected chi connectivity index (χ3v) is 3.93. The van der Waals surface area contributed by atoms with Gasteiger partial charge in [-0.05, 0) is 30.9 Å². The van der Waals surface area contributed by atoms with Crippen LogP contribution in [0.25, 0.3) is 0 Å². The highest BCUT2D eigenvalue weighted by Crippen LogP contribution is 2.25. The number of amides is 1. The van der Waals surface area contributed by atoms with Gasteiger partial charge in [0.25, 0.3) is 5.91 Å². The Hall–Kier alpha value is -2.31. The summed E-state index contributed by atoms with van der Waals surface area (Å²) in [6, 6.07) is 2.14. The van der Waals surface area contributed by atoms with Crippen molar-refractivity contribution in [2.24, 2.45) is 5.92 Å². The number of Topliss-reactive ketones (excluding diaryl/α,β-unsaturated/α-hetero) is 1. The standard InChI is InChI=1S/C16H17F2NO4/c1-23-16(22)14(9-4-2-5-10(20)8-9)19-15(21)11-6-3-7-12(17)13(11)18/h3,6-7,9,14H,2,4-5,8H2,1H3,(H,19,21)/t9-,14-/m1/s1. The summed E-state index contributed by atoms with van der Waals surface area (Å²) in [5.74, 6) is -4.48. The molecule has 0 aliphatic heterocycles. The van der Waals surface area contributed by atoms with E-state index in [4.69, 9.17) is 0 Å². The van der Waals surface area contributed by atoms with Crippen LogP contribution in [0.4, 0.5) is 8.78 Å². The predicted octanol–water partition coefficient (Wildman–Crippen LogP) is 2.00. The largest absolute Gasteiger partial charge is 0.467 e. The van der Waals surface area contributed by atoms with E-state index in [9.17, 15) is 23.2 Å². The van der Waals surface area contributed by atoms with E-state index in [2.05, 4.69) is 10.1 Å². The summed E-state index contributed by atoms with van der Waals surface area (Å²) in [6.45, 7) is 0. The van der Waals surface area contributed by atoms with E-state index in [1.165, 1.54) is 6.07 Å². The van der Waals surface area contributed by atoms with Crippen molar-refractivity contribution in [2.45, 2.75) is 31.7 Å². The summed E-state index contributed by atoms with van der Waals surface area (Å²) < 4.78 is 31.6. The molecule has 0 unspecified atom stereocenters. The van der Waals surface area contributed by atoms with Crippen molar-refractivity contribution in [2.75, 3.05) is 7.11 Å². The third-order valence-electron chi connectivity index (χ3n) is 3.93. The first kappa shape index (κ1) is 17.1. The van der Waals surface area contributed by atoms with Crippen molar-refractivity contribution in [3.05, 3.63) is 35.4 Å². The summed E-state index contributed by atoms with van der Waals surface area (Å²) in [5.41, 5.74) is -0.499. The highest BCUT2D eigenvalue weighted by molar-refractivity contribution is 5.97. The number of hydrogen-bond acceptors (Lipinski definition) is 4. The number of ether oxygens (including phenoxy) is 1. The van der Waals surface area contributed by atoms with Crippen molar-refractivity contribution >= 4 is 17.7 Å². The van der Waals surface area contributed by atoms with Crippen LogP contribution in [-0.2, 0) is 14.3 Å². The van der Waals surface area contributed by atoms with Crippen molar-refractivity contribution in [1.29, 1.82) is 0 Å². The monoisotopic (exact) mass is 325 g/mol. The number of esters is 1. The van der Waals surface area contributed by atoms with Crippen LogP contribution in [-0.4, -0.2) is 30.8 Å². The lowest BCUT2D eigenvalue weighted by atomic mass is 9.83. The Morgan fingerprint density at radius 1 is 1.35 bits per heavy atom. The van der Waals surface area contributed by atoms with E-state index in [1.807, 2.05) is 0 Å². The number of hydrogen-bond donors (Lipinski definition) is 1. The molecule has 5 nitrogen and oxygen atoms in total. The Balaban J connectivity index is 2.20.